The summed E-state index contributed by atoms with van der Waals surface area (Å²) in [6.45, 7) is 0.841. The largest absolute Gasteiger partial charge is 0.377 e. The maximum atomic E-state index is 12.4. The molecule has 0 bridgehead atoms. The van der Waals surface area contributed by atoms with Gasteiger partial charge in [-0.25, -0.2) is 4.98 Å². The first-order valence-corrected chi connectivity index (χ1v) is 8.63. The molecule has 1 aromatic heterocycles. The molecular formula is C19H16Cl2N2O2. The number of carbonyl (C=O) groups is 1. The van der Waals surface area contributed by atoms with E-state index < -0.39 is 5.60 Å². The Morgan fingerprint density at radius 2 is 1.92 bits per heavy atom. The molecule has 128 valence electrons. The van der Waals surface area contributed by atoms with E-state index in [4.69, 9.17) is 23.2 Å². The van der Waals surface area contributed by atoms with Gasteiger partial charge in [-0.3, -0.25) is 4.79 Å². The normalized spacial score (nSPS) is 16.0. The second kappa shape index (κ2) is 7.45. The first-order chi connectivity index (χ1) is 12.0. The Hall–Kier alpha value is -2.06. The van der Waals surface area contributed by atoms with Crippen molar-refractivity contribution in [1.29, 1.82) is 0 Å². The third-order valence-electron chi connectivity index (χ3n) is 4.09. The average Bonchev–Trinajstić information content (AvgIpc) is 2.61. The number of hydrogen-bond donors (Lipinski definition) is 1. The van der Waals surface area contributed by atoms with Crippen molar-refractivity contribution < 1.29 is 9.90 Å². The molecule has 1 saturated heterocycles. The van der Waals surface area contributed by atoms with Crippen LogP contribution in [0.15, 0.2) is 42.6 Å². The van der Waals surface area contributed by atoms with Gasteiger partial charge in [-0.15, -0.1) is 0 Å². The van der Waals surface area contributed by atoms with Gasteiger partial charge >= 0.3 is 0 Å². The van der Waals surface area contributed by atoms with Gasteiger partial charge in [0.2, 0.25) is 0 Å². The molecule has 2 heterocycles. The van der Waals surface area contributed by atoms with Crippen molar-refractivity contribution in [3.63, 3.8) is 0 Å². The second-order valence-corrected chi connectivity index (χ2v) is 6.82. The predicted octanol–water partition coefficient (Wildman–Crippen LogP) is 3.41. The lowest BCUT2D eigenvalue weighted by Crippen LogP contribution is -2.46. The summed E-state index contributed by atoms with van der Waals surface area (Å²) >= 11 is 11.7. The molecule has 0 radical (unpaired) electrons. The number of nitrogens with zero attached hydrogens (tertiary/aromatic N) is 2. The summed E-state index contributed by atoms with van der Waals surface area (Å²) < 4.78 is 0. The summed E-state index contributed by atoms with van der Waals surface area (Å²) in [6, 6.07) is 10.4. The fourth-order valence-corrected chi connectivity index (χ4v) is 2.93. The molecule has 1 N–H and O–H groups in total. The molecule has 25 heavy (non-hydrogen) atoms. The number of rotatable bonds is 1. The van der Waals surface area contributed by atoms with Crippen LogP contribution in [-0.4, -0.2) is 39.6 Å². The maximum absolute atomic E-state index is 12.4. The highest BCUT2D eigenvalue weighted by Crippen LogP contribution is 2.23. The molecule has 1 amide bonds. The molecule has 2 aromatic rings. The van der Waals surface area contributed by atoms with Gasteiger partial charge in [-0.2, -0.15) is 0 Å². The Kier molecular flexibility index (Phi) is 5.29. The molecule has 0 spiro atoms. The first-order valence-electron chi connectivity index (χ1n) is 7.87. The molecule has 3 rings (SSSR count). The predicted molar refractivity (Wildman–Crippen MR) is 97.7 cm³/mol. The zero-order valence-electron chi connectivity index (χ0n) is 13.4. The lowest BCUT2D eigenvalue weighted by Gasteiger charge is -2.34. The molecular weight excluding hydrogens is 359 g/mol. The van der Waals surface area contributed by atoms with Gasteiger partial charge < -0.3 is 10.0 Å². The van der Waals surface area contributed by atoms with Gasteiger partial charge in [0, 0.05) is 42.7 Å². The number of aliphatic hydroxyl groups is 1. The number of piperidine rings is 1. The van der Waals surface area contributed by atoms with E-state index in [1.54, 1.807) is 29.2 Å². The standard InChI is InChI=1S/C19H16Cl2N2O2/c20-15-3-1-2-14(12-15)6-7-19(25)8-10-23(11-9-19)18(24)17-5-4-16(21)13-22-17/h1-5,12-13,25H,8-11H2. The number of pyridine rings is 1. The summed E-state index contributed by atoms with van der Waals surface area (Å²) in [5.41, 5.74) is -0.00312. The van der Waals surface area contributed by atoms with Crippen molar-refractivity contribution in [2.75, 3.05) is 13.1 Å². The van der Waals surface area contributed by atoms with Crippen molar-refractivity contribution in [3.05, 3.63) is 63.9 Å². The maximum Gasteiger partial charge on any atom is 0.272 e. The third kappa shape index (κ3) is 4.52. The summed E-state index contributed by atoms with van der Waals surface area (Å²) in [6.07, 6.45) is 2.23. The van der Waals surface area contributed by atoms with E-state index in [1.807, 2.05) is 12.1 Å². The van der Waals surface area contributed by atoms with Crippen molar-refractivity contribution in [2.45, 2.75) is 18.4 Å². The summed E-state index contributed by atoms with van der Waals surface area (Å²) in [5.74, 6) is 5.72. The van der Waals surface area contributed by atoms with Gasteiger partial charge in [0.15, 0.2) is 0 Å². The zero-order chi connectivity index (χ0) is 17.9. The monoisotopic (exact) mass is 374 g/mol. The van der Waals surface area contributed by atoms with Crippen LogP contribution in [0.1, 0.15) is 28.9 Å². The van der Waals surface area contributed by atoms with Crippen LogP contribution in [0.4, 0.5) is 0 Å². The Bertz CT molecular complexity index is 832. The van der Waals surface area contributed by atoms with E-state index in [2.05, 4.69) is 16.8 Å². The lowest BCUT2D eigenvalue weighted by molar-refractivity contribution is 0.0246. The van der Waals surface area contributed by atoms with Crippen LogP contribution in [0, 0.1) is 11.8 Å². The summed E-state index contributed by atoms with van der Waals surface area (Å²) in [4.78, 5) is 18.1. The van der Waals surface area contributed by atoms with E-state index in [0.29, 0.717) is 41.7 Å². The highest BCUT2D eigenvalue weighted by Gasteiger charge is 2.33. The number of benzene rings is 1. The second-order valence-electron chi connectivity index (χ2n) is 5.95. The van der Waals surface area contributed by atoms with Crippen LogP contribution >= 0.6 is 23.2 Å². The van der Waals surface area contributed by atoms with Crippen LogP contribution in [0.3, 0.4) is 0 Å². The smallest absolute Gasteiger partial charge is 0.272 e. The molecule has 0 aliphatic carbocycles. The SMILES string of the molecule is O=C(c1ccc(Cl)cn1)N1CCC(O)(C#Cc2cccc(Cl)c2)CC1. The Balaban J connectivity index is 1.65. The van der Waals surface area contributed by atoms with E-state index in [9.17, 15) is 9.90 Å². The molecule has 4 nitrogen and oxygen atoms in total. The Labute approximate surface area is 156 Å². The summed E-state index contributed by atoms with van der Waals surface area (Å²) in [7, 11) is 0. The zero-order valence-corrected chi connectivity index (χ0v) is 14.9. The quantitative estimate of drug-likeness (QED) is 0.778. The summed E-state index contributed by atoms with van der Waals surface area (Å²) in [5, 5.41) is 11.7. The Morgan fingerprint density at radius 1 is 1.16 bits per heavy atom. The number of likely N-dealkylation sites (tertiary alicyclic amines) is 1. The Morgan fingerprint density at radius 3 is 2.56 bits per heavy atom. The van der Waals surface area contributed by atoms with Gasteiger partial charge in [0.25, 0.3) is 5.91 Å². The first kappa shape index (κ1) is 17.8. The molecule has 0 atom stereocenters. The minimum Gasteiger partial charge on any atom is -0.377 e. The topological polar surface area (TPSA) is 53.4 Å². The van der Waals surface area contributed by atoms with Crippen molar-refractivity contribution in [3.8, 4) is 11.8 Å². The van der Waals surface area contributed by atoms with Crippen LogP contribution < -0.4 is 0 Å². The average molecular weight is 375 g/mol. The molecule has 1 aliphatic heterocycles. The van der Waals surface area contributed by atoms with Crippen LogP contribution in [0.5, 0.6) is 0 Å². The van der Waals surface area contributed by atoms with Crippen LogP contribution in [0.2, 0.25) is 10.0 Å². The van der Waals surface area contributed by atoms with Crippen molar-refractivity contribution in [2.24, 2.45) is 0 Å². The number of hydrogen-bond acceptors (Lipinski definition) is 3. The highest BCUT2D eigenvalue weighted by molar-refractivity contribution is 6.30. The molecule has 0 saturated carbocycles. The van der Waals surface area contributed by atoms with E-state index >= 15 is 0 Å². The number of amides is 1. The van der Waals surface area contributed by atoms with E-state index in [0.717, 1.165) is 5.56 Å². The minimum atomic E-state index is -1.10. The molecule has 0 unspecified atom stereocenters. The molecule has 1 fully saturated rings. The van der Waals surface area contributed by atoms with Gasteiger partial charge in [0.1, 0.15) is 11.3 Å². The fraction of sp³-hybridized carbons (Fsp3) is 0.263. The molecule has 6 heteroatoms. The van der Waals surface area contributed by atoms with Gasteiger partial charge in [-0.1, -0.05) is 41.1 Å². The van der Waals surface area contributed by atoms with Crippen molar-refractivity contribution >= 4 is 29.1 Å². The highest BCUT2D eigenvalue weighted by atomic mass is 35.5. The number of aromatic nitrogens is 1. The van der Waals surface area contributed by atoms with Crippen LogP contribution in [0.25, 0.3) is 0 Å². The van der Waals surface area contributed by atoms with Crippen LogP contribution in [-0.2, 0) is 0 Å². The van der Waals surface area contributed by atoms with E-state index in [1.165, 1.54) is 6.20 Å². The number of carbonyl (C=O) groups excluding carboxylic acids is 1. The van der Waals surface area contributed by atoms with Crippen molar-refractivity contribution in [1.82, 2.24) is 9.88 Å². The minimum absolute atomic E-state index is 0.165. The fourth-order valence-electron chi connectivity index (χ4n) is 2.62. The molecule has 1 aromatic carbocycles. The van der Waals surface area contributed by atoms with E-state index in [-0.39, 0.29) is 5.91 Å². The molecule has 1 aliphatic rings. The number of halogens is 2. The lowest BCUT2D eigenvalue weighted by atomic mass is 9.91. The van der Waals surface area contributed by atoms with Gasteiger partial charge in [-0.05, 0) is 30.3 Å². The third-order valence-corrected chi connectivity index (χ3v) is 4.55. The van der Waals surface area contributed by atoms with Gasteiger partial charge in [0.05, 0.1) is 5.02 Å².